The molecule has 1 heterocycles. The van der Waals surface area contributed by atoms with Gasteiger partial charge in [0.25, 0.3) is 0 Å². The van der Waals surface area contributed by atoms with Crippen LogP contribution in [0.1, 0.15) is 19.6 Å². The summed E-state index contributed by atoms with van der Waals surface area (Å²) < 4.78 is 5.12. The summed E-state index contributed by atoms with van der Waals surface area (Å²) in [4.78, 5) is 0. The van der Waals surface area contributed by atoms with Crippen molar-refractivity contribution in [2.45, 2.75) is 20.3 Å². The minimum atomic E-state index is -0.322. The molecule has 1 aromatic rings. The van der Waals surface area contributed by atoms with Gasteiger partial charge in [0.2, 0.25) is 0 Å². The second-order valence-corrected chi connectivity index (χ2v) is 3.25. The van der Waals surface area contributed by atoms with E-state index in [2.05, 4.69) is 6.07 Å². The summed E-state index contributed by atoms with van der Waals surface area (Å²) in [5.74, 6) is 0.872. The largest absolute Gasteiger partial charge is 0.469 e. The molecular weight excluding hydrogens is 138 g/mol. The molecule has 0 bridgehead atoms. The Balaban J connectivity index is 2.65. The highest BCUT2D eigenvalue weighted by Gasteiger charge is 2.18. The molecule has 11 heavy (non-hydrogen) atoms. The Kier molecular flexibility index (Phi) is 2.00. The number of nitrogens with zero attached hydrogens (tertiary/aromatic N) is 1. The van der Waals surface area contributed by atoms with Gasteiger partial charge in [0.05, 0.1) is 17.7 Å². The second kappa shape index (κ2) is 2.79. The highest BCUT2D eigenvalue weighted by molar-refractivity contribution is 5.06. The second-order valence-electron chi connectivity index (χ2n) is 3.25. The lowest BCUT2D eigenvalue weighted by Gasteiger charge is -2.11. The lowest BCUT2D eigenvalue weighted by Crippen LogP contribution is -2.10. The molecule has 0 saturated carbocycles. The van der Waals surface area contributed by atoms with Crippen molar-refractivity contribution < 1.29 is 4.42 Å². The number of hydrogen-bond donors (Lipinski definition) is 0. The smallest absolute Gasteiger partial charge is 0.105 e. The van der Waals surface area contributed by atoms with Gasteiger partial charge in [-0.2, -0.15) is 5.26 Å². The summed E-state index contributed by atoms with van der Waals surface area (Å²) in [6.45, 7) is 3.80. The highest BCUT2D eigenvalue weighted by Crippen LogP contribution is 2.20. The van der Waals surface area contributed by atoms with Crippen LogP contribution in [0.3, 0.4) is 0 Å². The monoisotopic (exact) mass is 149 g/mol. The number of hydrogen-bond acceptors (Lipinski definition) is 2. The first-order valence-corrected chi connectivity index (χ1v) is 3.58. The van der Waals surface area contributed by atoms with Gasteiger partial charge in [-0.3, -0.25) is 0 Å². The summed E-state index contributed by atoms with van der Waals surface area (Å²) in [6.07, 6.45) is 2.30. The predicted molar refractivity (Wildman–Crippen MR) is 41.8 cm³/mol. The van der Waals surface area contributed by atoms with Crippen molar-refractivity contribution in [3.63, 3.8) is 0 Å². The van der Waals surface area contributed by atoms with Gasteiger partial charge in [-0.1, -0.05) is 0 Å². The van der Waals surface area contributed by atoms with Gasteiger partial charge in [-0.15, -0.1) is 0 Å². The van der Waals surface area contributed by atoms with E-state index in [1.807, 2.05) is 26.0 Å². The third kappa shape index (κ3) is 2.12. The van der Waals surface area contributed by atoms with E-state index in [9.17, 15) is 0 Å². The van der Waals surface area contributed by atoms with Gasteiger partial charge in [-0.25, -0.2) is 0 Å². The van der Waals surface area contributed by atoms with Crippen LogP contribution in [0.2, 0.25) is 0 Å². The Morgan fingerprint density at radius 2 is 2.36 bits per heavy atom. The molecule has 0 saturated heterocycles. The molecule has 0 spiro atoms. The summed E-state index contributed by atoms with van der Waals surface area (Å²) in [6, 6.07) is 5.94. The molecule has 0 fully saturated rings. The molecule has 58 valence electrons. The topological polar surface area (TPSA) is 36.9 Å². The molecule has 2 nitrogen and oxygen atoms in total. The van der Waals surface area contributed by atoms with E-state index in [1.54, 1.807) is 6.26 Å². The molecule has 1 rings (SSSR count). The fourth-order valence-corrected chi connectivity index (χ4v) is 0.888. The van der Waals surface area contributed by atoms with Gasteiger partial charge >= 0.3 is 0 Å². The molecular formula is C9H11NO. The molecule has 0 aromatic carbocycles. The van der Waals surface area contributed by atoms with Crippen molar-refractivity contribution in [1.82, 2.24) is 0 Å². The number of furan rings is 1. The fraction of sp³-hybridized carbons (Fsp3) is 0.444. The molecule has 0 amide bonds. The van der Waals surface area contributed by atoms with Gasteiger partial charge in [0.1, 0.15) is 5.76 Å². The van der Waals surface area contributed by atoms with Gasteiger partial charge in [0.15, 0.2) is 0 Å². The van der Waals surface area contributed by atoms with Crippen LogP contribution < -0.4 is 0 Å². The Morgan fingerprint density at radius 1 is 1.64 bits per heavy atom. The summed E-state index contributed by atoms with van der Waals surface area (Å²) in [7, 11) is 0. The van der Waals surface area contributed by atoms with Crippen molar-refractivity contribution in [2.75, 3.05) is 0 Å². The Labute approximate surface area is 66.4 Å². The molecule has 0 atom stereocenters. The van der Waals surface area contributed by atoms with Crippen LogP contribution in [-0.2, 0) is 6.42 Å². The van der Waals surface area contributed by atoms with Crippen LogP contribution in [0.15, 0.2) is 22.8 Å². The maximum atomic E-state index is 8.70. The van der Waals surface area contributed by atoms with E-state index in [4.69, 9.17) is 9.68 Å². The first-order chi connectivity index (χ1) is 5.14. The standard InChI is InChI=1S/C9H11NO/c1-9(2,7-10)6-8-4-3-5-11-8/h3-5H,6H2,1-2H3. The van der Waals surface area contributed by atoms with Crippen LogP contribution in [0.25, 0.3) is 0 Å². The van der Waals surface area contributed by atoms with E-state index < -0.39 is 0 Å². The molecule has 0 aliphatic heterocycles. The minimum absolute atomic E-state index is 0.322. The quantitative estimate of drug-likeness (QED) is 0.647. The normalized spacial score (nSPS) is 11.0. The van der Waals surface area contributed by atoms with Crippen LogP contribution in [0.4, 0.5) is 0 Å². The van der Waals surface area contributed by atoms with Gasteiger partial charge in [0, 0.05) is 6.42 Å². The van der Waals surface area contributed by atoms with Gasteiger partial charge in [-0.05, 0) is 26.0 Å². The molecule has 2 heteroatoms. The Bertz CT molecular complexity index is 254. The predicted octanol–water partition coefficient (Wildman–Crippen LogP) is 2.37. The lowest BCUT2D eigenvalue weighted by molar-refractivity contribution is 0.414. The number of nitriles is 1. The average molecular weight is 149 g/mol. The molecule has 0 radical (unpaired) electrons. The maximum absolute atomic E-state index is 8.70. The Hall–Kier alpha value is -1.23. The molecule has 0 aliphatic carbocycles. The third-order valence-corrected chi connectivity index (χ3v) is 1.50. The number of rotatable bonds is 2. The Morgan fingerprint density at radius 3 is 2.82 bits per heavy atom. The average Bonchev–Trinajstić information content (AvgIpc) is 2.39. The van der Waals surface area contributed by atoms with Crippen LogP contribution in [0.5, 0.6) is 0 Å². The molecule has 0 aliphatic rings. The first kappa shape index (κ1) is 7.87. The van der Waals surface area contributed by atoms with Crippen LogP contribution in [0, 0.1) is 16.7 Å². The summed E-state index contributed by atoms with van der Waals surface area (Å²) in [5.41, 5.74) is -0.322. The van der Waals surface area contributed by atoms with E-state index in [0.29, 0.717) is 6.42 Å². The first-order valence-electron chi connectivity index (χ1n) is 3.58. The van der Waals surface area contributed by atoms with E-state index in [-0.39, 0.29) is 5.41 Å². The zero-order valence-electron chi connectivity index (χ0n) is 6.79. The zero-order valence-corrected chi connectivity index (χ0v) is 6.79. The van der Waals surface area contributed by atoms with Crippen LogP contribution in [-0.4, -0.2) is 0 Å². The van der Waals surface area contributed by atoms with Crippen molar-refractivity contribution in [3.05, 3.63) is 24.2 Å². The molecule has 0 N–H and O–H groups in total. The fourth-order valence-electron chi connectivity index (χ4n) is 0.888. The molecule has 1 aromatic heterocycles. The minimum Gasteiger partial charge on any atom is -0.469 e. The summed E-state index contributed by atoms with van der Waals surface area (Å²) in [5, 5.41) is 8.70. The lowest BCUT2D eigenvalue weighted by atomic mass is 9.90. The van der Waals surface area contributed by atoms with E-state index in [1.165, 1.54) is 0 Å². The maximum Gasteiger partial charge on any atom is 0.105 e. The van der Waals surface area contributed by atoms with Crippen molar-refractivity contribution in [2.24, 2.45) is 5.41 Å². The highest BCUT2D eigenvalue weighted by atomic mass is 16.3. The molecule has 0 unspecified atom stereocenters. The zero-order chi connectivity index (χ0) is 8.32. The third-order valence-electron chi connectivity index (χ3n) is 1.50. The SMILES string of the molecule is CC(C)(C#N)Cc1ccco1. The van der Waals surface area contributed by atoms with Crippen LogP contribution >= 0.6 is 0 Å². The van der Waals surface area contributed by atoms with Crippen molar-refractivity contribution in [1.29, 1.82) is 5.26 Å². The summed E-state index contributed by atoms with van der Waals surface area (Å²) >= 11 is 0. The van der Waals surface area contributed by atoms with E-state index >= 15 is 0 Å². The van der Waals surface area contributed by atoms with Gasteiger partial charge < -0.3 is 4.42 Å². The van der Waals surface area contributed by atoms with Crippen molar-refractivity contribution in [3.8, 4) is 6.07 Å². The van der Waals surface area contributed by atoms with E-state index in [0.717, 1.165) is 5.76 Å². The van der Waals surface area contributed by atoms with Crippen molar-refractivity contribution >= 4 is 0 Å².